The molecule has 6 heteroatoms. The summed E-state index contributed by atoms with van der Waals surface area (Å²) in [5, 5.41) is 3.02. The number of rotatable bonds is 8. The molecule has 0 aromatic heterocycles. The third kappa shape index (κ3) is 4.77. The highest BCUT2D eigenvalue weighted by atomic mass is 32.2. The Kier molecular flexibility index (Phi) is 6.45. The number of ether oxygens (including phenoxy) is 1. The van der Waals surface area contributed by atoms with Crippen molar-refractivity contribution in [2.24, 2.45) is 5.92 Å². The Balaban J connectivity index is 3.03. The second-order valence-corrected chi connectivity index (χ2v) is 6.75. The van der Waals surface area contributed by atoms with Crippen LogP contribution < -0.4 is 14.8 Å². The molecule has 1 aromatic rings. The third-order valence-corrected chi connectivity index (χ3v) is 4.11. The fourth-order valence-corrected chi connectivity index (χ4v) is 2.97. The fraction of sp³-hybridized carbons (Fsp3) is 0.571. The molecule has 0 saturated carbocycles. The molecule has 1 aromatic carbocycles. The number of hydrogen-bond acceptors (Lipinski definition) is 4. The van der Waals surface area contributed by atoms with Crippen LogP contribution in [-0.2, 0) is 16.6 Å². The molecule has 0 radical (unpaired) electrons. The largest absolute Gasteiger partial charge is 0.494 e. The zero-order chi connectivity index (χ0) is 15.2. The summed E-state index contributed by atoms with van der Waals surface area (Å²) in [5.41, 5.74) is 0.835. The lowest BCUT2D eigenvalue weighted by Gasteiger charge is -2.13. The molecule has 0 amide bonds. The van der Waals surface area contributed by atoms with Gasteiger partial charge in [-0.3, -0.25) is 0 Å². The third-order valence-electron chi connectivity index (χ3n) is 2.69. The lowest BCUT2D eigenvalue weighted by Crippen LogP contribution is -2.27. The van der Waals surface area contributed by atoms with Crippen LogP contribution in [0.25, 0.3) is 0 Å². The van der Waals surface area contributed by atoms with Gasteiger partial charge < -0.3 is 10.1 Å². The van der Waals surface area contributed by atoms with Crippen LogP contribution in [0.15, 0.2) is 23.1 Å². The normalized spacial score (nSPS) is 11.8. The van der Waals surface area contributed by atoms with Crippen LogP contribution in [0.1, 0.15) is 26.3 Å². The number of sulfonamides is 1. The summed E-state index contributed by atoms with van der Waals surface area (Å²) >= 11 is 0. The summed E-state index contributed by atoms with van der Waals surface area (Å²) in [6.07, 6.45) is 0. The first-order chi connectivity index (χ1) is 9.40. The maximum Gasteiger partial charge on any atom is 0.240 e. The van der Waals surface area contributed by atoms with Crippen molar-refractivity contribution in [1.82, 2.24) is 10.0 Å². The van der Waals surface area contributed by atoms with E-state index in [1.54, 1.807) is 18.2 Å². The van der Waals surface area contributed by atoms with E-state index in [9.17, 15) is 8.42 Å². The summed E-state index contributed by atoms with van der Waals surface area (Å²) in [5.74, 6) is 0.980. The molecule has 114 valence electrons. The van der Waals surface area contributed by atoms with E-state index in [1.165, 1.54) is 0 Å². The van der Waals surface area contributed by atoms with Crippen LogP contribution in [0, 0.1) is 5.92 Å². The van der Waals surface area contributed by atoms with Crippen molar-refractivity contribution in [2.45, 2.75) is 32.2 Å². The zero-order valence-electron chi connectivity index (χ0n) is 12.6. The highest BCUT2D eigenvalue weighted by Crippen LogP contribution is 2.22. The van der Waals surface area contributed by atoms with Gasteiger partial charge in [0.05, 0.1) is 11.5 Å². The average molecular weight is 300 g/mol. The van der Waals surface area contributed by atoms with E-state index in [-0.39, 0.29) is 10.8 Å². The van der Waals surface area contributed by atoms with Gasteiger partial charge in [0.15, 0.2) is 0 Å². The van der Waals surface area contributed by atoms with Crippen LogP contribution in [0.4, 0.5) is 0 Å². The van der Waals surface area contributed by atoms with Gasteiger partial charge in [-0.15, -0.1) is 0 Å². The monoisotopic (exact) mass is 300 g/mol. The molecular formula is C14H24N2O3S. The lowest BCUT2D eigenvalue weighted by atomic mass is 10.2. The van der Waals surface area contributed by atoms with E-state index in [2.05, 4.69) is 10.0 Å². The molecular weight excluding hydrogens is 276 g/mol. The first-order valence-corrected chi connectivity index (χ1v) is 8.29. The SMILES string of the molecule is CCOc1ccc(S(=O)(=O)NCC(C)C)cc1CNC. The maximum absolute atomic E-state index is 12.2. The van der Waals surface area contributed by atoms with E-state index in [4.69, 9.17) is 4.74 Å². The van der Waals surface area contributed by atoms with Crippen molar-refractivity contribution in [3.8, 4) is 5.75 Å². The number of nitrogens with one attached hydrogen (secondary N) is 2. The van der Waals surface area contributed by atoms with Crippen LogP contribution >= 0.6 is 0 Å². The summed E-state index contributed by atoms with van der Waals surface area (Å²) in [4.78, 5) is 0.270. The summed E-state index contributed by atoms with van der Waals surface area (Å²) < 4.78 is 32.5. The Morgan fingerprint density at radius 3 is 2.55 bits per heavy atom. The van der Waals surface area contributed by atoms with Crippen molar-refractivity contribution in [2.75, 3.05) is 20.2 Å². The Morgan fingerprint density at radius 1 is 1.30 bits per heavy atom. The van der Waals surface area contributed by atoms with Gasteiger partial charge in [-0.1, -0.05) is 13.8 Å². The van der Waals surface area contributed by atoms with E-state index < -0.39 is 10.0 Å². The zero-order valence-corrected chi connectivity index (χ0v) is 13.4. The molecule has 0 atom stereocenters. The van der Waals surface area contributed by atoms with Crippen LogP contribution in [0.2, 0.25) is 0 Å². The predicted octanol–water partition coefficient (Wildman–Crippen LogP) is 1.74. The van der Waals surface area contributed by atoms with Gasteiger partial charge in [0.2, 0.25) is 10.0 Å². The van der Waals surface area contributed by atoms with Gasteiger partial charge in [0.25, 0.3) is 0 Å². The van der Waals surface area contributed by atoms with E-state index >= 15 is 0 Å². The molecule has 20 heavy (non-hydrogen) atoms. The van der Waals surface area contributed by atoms with Gasteiger partial charge >= 0.3 is 0 Å². The molecule has 0 saturated heterocycles. The van der Waals surface area contributed by atoms with Gasteiger partial charge in [-0.25, -0.2) is 13.1 Å². The Morgan fingerprint density at radius 2 is 2.00 bits per heavy atom. The molecule has 0 aliphatic carbocycles. The number of hydrogen-bond donors (Lipinski definition) is 2. The van der Waals surface area contributed by atoms with Crippen LogP contribution in [0.5, 0.6) is 5.75 Å². The minimum Gasteiger partial charge on any atom is -0.494 e. The summed E-state index contributed by atoms with van der Waals surface area (Å²) in [7, 11) is -1.65. The molecule has 0 aliphatic rings. The van der Waals surface area contributed by atoms with Crippen molar-refractivity contribution in [3.05, 3.63) is 23.8 Å². The van der Waals surface area contributed by atoms with Gasteiger partial charge in [-0.05, 0) is 38.1 Å². The maximum atomic E-state index is 12.2. The van der Waals surface area contributed by atoms with Crippen LogP contribution in [-0.4, -0.2) is 28.6 Å². The van der Waals surface area contributed by atoms with Gasteiger partial charge in [-0.2, -0.15) is 0 Å². The molecule has 1 rings (SSSR count). The second-order valence-electron chi connectivity index (χ2n) is 4.98. The quantitative estimate of drug-likeness (QED) is 0.767. The molecule has 0 heterocycles. The lowest BCUT2D eigenvalue weighted by molar-refractivity contribution is 0.335. The highest BCUT2D eigenvalue weighted by molar-refractivity contribution is 7.89. The Bertz CT molecular complexity index is 527. The highest BCUT2D eigenvalue weighted by Gasteiger charge is 2.16. The van der Waals surface area contributed by atoms with Crippen molar-refractivity contribution < 1.29 is 13.2 Å². The first kappa shape index (κ1) is 16.9. The predicted molar refractivity (Wildman–Crippen MR) is 80.4 cm³/mol. The summed E-state index contributed by atoms with van der Waals surface area (Å²) in [6, 6.07) is 4.94. The molecule has 5 nitrogen and oxygen atoms in total. The van der Waals surface area contributed by atoms with Crippen LogP contribution in [0.3, 0.4) is 0 Å². The summed E-state index contributed by atoms with van der Waals surface area (Å²) in [6.45, 7) is 7.37. The Hall–Kier alpha value is -1.11. The molecule has 0 bridgehead atoms. The van der Waals surface area contributed by atoms with E-state index in [0.717, 1.165) is 5.56 Å². The molecule has 0 unspecified atom stereocenters. The van der Waals surface area contributed by atoms with Gasteiger partial charge in [0.1, 0.15) is 5.75 Å². The van der Waals surface area contributed by atoms with Crippen molar-refractivity contribution in [1.29, 1.82) is 0 Å². The smallest absolute Gasteiger partial charge is 0.240 e. The molecule has 2 N–H and O–H groups in total. The van der Waals surface area contributed by atoms with Crippen molar-refractivity contribution >= 4 is 10.0 Å². The average Bonchev–Trinajstić information content (AvgIpc) is 2.39. The van der Waals surface area contributed by atoms with Gasteiger partial charge in [0, 0.05) is 18.7 Å². The molecule has 0 aliphatic heterocycles. The minimum atomic E-state index is -3.46. The minimum absolute atomic E-state index is 0.268. The fourth-order valence-electron chi connectivity index (χ4n) is 1.71. The van der Waals surface area contributed by atoms with Crippen molar-refractivity contribution in [3.63, 3.8) is 0 Å². The van der Waals surface area contributed by atoms with E-state index in [1.807, 2.05) is 27.8 Å². The molecule has 0 spiro atoms. The topological polar surface area (TPSA) is 67.4 Å². The van der Waals surface area contributed by atoms with E-state index in [0.29, 0.717) is 25.4 Å². The number of benzene rings is 1. The molecule has 0 fully saturated rings. The Labute approximate surface area is 121 Å². The standard InChI is InChI=1S/C14H24N2O3S/c1-5-19-14-7-6-13(8-12(14)10-15-4)20(17,18)16-9-11(2)3/h6-8,11,15-16H,5,9-10H2,1-4H3. The second kappa shape index (κ2) is 7.61. The first-order valence-electron chi connectivity index (χ1n) is 6.80.